The smallest absolute Gasteiger partial charge is 0.0646 e. The van der Waals surface area contributed by atoms with E-state index < -0.39 is 0 Å². The Morgan fingerprint density at radius 3 is 3.00 bits per heavy atom. The number of nitrogens with one attached hydrogen (secondary N) is 1. The molecular weight excluding hydrogens is 150 g/mol. The van der Waals surface area contributed by atoms with Gasteiger partial charge in [0.25, 0.3) is 0 Å². The Labute approximate surface area is 68.0 Å². The molecule has 3 heteroatoms. The van der Waals surface area contributed by atoms with E-state index in [9.17, 15) is 0 Å². The second kappa shape index (κ2) is 5.71. The summed E-state index contributed by atoms with van der Waals surface area (Å²) in [6, 6.07) is 0. The third-order valence-corrected chi connectivity index (χ3v) is 1.51. The van der Waals surface area contributed by atoms with E-state index in [0.29, 0.717) is 0 Å². The van der Waals surface area contributed by atoms with Crippen LogP contribution in [0.15, 0.2) is 11.6 Å². The van der Waals surface area contributed by atoms with Crippen LogP contribution in [0.5, 0.6) is 0 Å². The fourth-order valence-electron chi connectivity index (χ4n) is 0.962. The van der Waals surface area contributed by atoms with Gasteiger partial charge in [-0.15, -0.1) is 12.4 Å². The van der Waals surface area contributed by atoms with Crippen molar-refractivity contribution in [2.24, 2.45) is 0 Å². The standard InChI is InChI=1S/C7H13NO.ClH/c1-9-5-3-7-2-4-8-6-7;/h3,8H,2,4-6H2,1H3;1H/b7-3+;. The van der Waals surface area contributed by atoms with Crippen LogP contribution in [-0.2, 0) is 4.74 Å². The van der Waals surface area contributed by atoms with Gasteiger partial charge in [0.05, 0.1) is 6.61 Å². The van der Waals surface area contributed by atoms with Crippen LogP contribution in [0.1, 0.15) is 6.42 Å². The summed E-state index contributed by atoms with van der Waals surface area (Å²) in [6.45, 7) is 2.95. The summed E-state index contributed by atoms with van der Waals surface area (Å²) in [7, 11) is 1.72. The molecule has 0 aliphatic carbocycles. The third-order valence-electron chi connectivity index (χ3n) is 1.51. The largest absolute Gasteiger partial charge is 0.381 e. The van der Waals surface area contributed by atoms with Crippen molar-refractivity contribution in [3.05, 3.63) is 11.6 Å². The predicted molar refractivity (Wildman–Crippen MR) is 44.7 cm³/mol. The van der Waals surface area contributed by atoms with Crippen molar-refractivity contribution in [2.75, 3.05) is 26.8 Å². The van der Waals surface area contributed by atoms with E-state index in [2.05, 4.69) is 11.4 Å². The molecule has 0 radical (unpaired) electrons. The van der Waals surface area contributed by atoms with Crippen molar-refractivity contribution in [2.45, 2.75) is 6.42 Å². The molecule has 1 fully saturated rings. The fraction of sp³-hybridized carbons (Fsp3) is 0.714. The van der Waals surface area contributed by atoms with Crippen molar-refractivity contribution in [1.82, 2.24) is 5.32 Å². The first-order valence-corrected chi connectivity index (χ1v) is 3.31. The summed E-state index contributed by atoms with van der Waals surface area (Å²) >= 11 is 0. The maximum absolute atomic E-state index is 4.90. The SMILES string of the molecule is COC/C=C1\CCNC1.Cl. The highest BCUT2D eigenvalue weighted by Crippen LogP contribution is 2.03. The molecule has 0 atom stereocenters. The number of rotatable bonds is 2. The summed E-state index contributed by atoms with van der Waals surface area (Å²) in [4.78, 5) is 0. The van der Waals surface area contributed by atoms with Crippen LogP contribution in [0.3, 0.4) is 0 Å². The minimum Gasteiger partial charge on any atom is -0.381 e. The summed E-state index contributed by atoms with van der Waals surface area (Å²) in [6.07, 6.45) is 3.35. The molecule has 0 unspecified atom stereocenters. The van der Waals surface area contributed by atoms with Crippen LogP contribution >= 0.6 is 12.4 Å². The van der Waals surface area contributed by atoms with Crippen LogP contribution in [0.25, 0.3) is 0 Å². The quantitative estimate of drug-likeness (QED) is 0.613. The first-order valence-electron chi connectivity index (χ1n) is 3.31. The van der Waals surface area contributed by atoms with Crippen LogP contribution in [0.2, 0.25) is 0 Å². The molecule has 0 aromatic heterocycles. The van der Waals surface area contributed by atoms with E-state index in [4.69, 9.17) is 4.74 Å². The lowest BCUT2D eigenvalue weighted by molar-refractivity contribution is 0.233. The van der Waals surface area contributed by atoms with E-state index in [0.717, 1.165) is 19.7 Å². The maximum Gasteiger partial charge on any atom is 0.0646 e. The molecule has 0 amide bonds. The summed E-state index contributed by atoms with van der Waals surface area (Å²) in [5.41, 5.74) is 1.48. The Hall–Kier alpha value is -0.0500. The lowest BCUT2D eigenvalue weighted by atomic mass is 10.2. The highest BCUT2D eigenvalue weighted by Gasteiger charge is 2.02. The Morgan fingerprint density at radius 1 is 1.70 bits per heavy atom. The summed E-state index contributed by atoms with van der Waals surface area (Å²) in [5, 5.41) is 3.26. The van der Waals surface area contributed by atoms with Gasteiger partial charge >= 0.3 is 0 Å². The second-order valence-electron chi connectivity index (χ2n) is 2.24. The topological polar surface area (TPSA) is 21.3 Å². The Morgan fingerprint density at radius 2 is 2.50 bits per heavy atom. The molecule has 1 rings (SSSR count). The first-order chi connectivity index (χ1) is 4.43. The van der Waals surface area contributed by atoms with Gasteiger partial charge in [0, 0.05) is 13.7 Å². The van der Waals surface area contributed by atoms with E-state index in [1.807, 2.05) is 0 Å². The van der Waals surface area contributed by atoms with Gasteiger partial charge < -0.3 is 10.1 Å². The monoisotopic (exact) mass is 163 g/mol. The van der Waals surface area contributed by atoms with E-state index in [-0.39, 0.29) is 12.4 Å². The van der Waals surface area contributed by atoms with Gasteiger partial charge in [-0.3, -0.25) is 0 Å². The minimum absolute atomic E-state index is 0. The number of methoxy groups -OCH3 is 1. The number of hydrogen-bond donors (Lipinski definition) is 1. The molecule has 1 N–H and O–H groups in total. The zero-order valence-electron chi connectivity index (χ0n) is 6.22. The normalized spacial score (nSPS) is 21.1. The molecule has 0 aromatic rings. The lowest BCUT2D eigenvalue weighted by Crippen LogP contribution is -2.04. The molecule has 1 aliphatic heterocycles. The zero-order chi connectivity index (χ0) is 6.53. The van der Waals surface area contributed by atoms with Gasteiger partial charge in [-0.1, -0.05) is 11.6 Å². The van der Waals surface area contributed by atoms with Crippen LogP contribution in [0, 0.1) is 0 Å². The Balaban J connectivity index is 0.000000810. The molecule has 1 saturated heterocycles. The number of hydrogen-bond acceptors (Lipinski definition) is 2. The Kier molecular flexibility index (Phi) is 5.69. The second-order valence-corrected chi connectivity index (χ2v) is 2.24. The van der Waals surface area contributed by atoms with Gasteiger partial charge in [0.15, 0.2) is 0 Å². The highest BCUT2D eigenvalue weighted by molar-refractivity contribution is 5.85. The van der Waals surface area contributed by atoms with Gasteiger partial charge in [0.2, 0.25) is 0 Å². The van der Waals surface area contributed by atoms with Crippen molar-refractivity contribution in [1.29, 1.82) is 0 Å². The maximum atomic E-state index is 4.90. The van der Waals surface area contributed by atoms with Gasteiger partial charge in [-0.25, -0.2) is 0 Å². The predicted octanol–water partition coefficient (Wildman–Crippen LogP) is 0.974. The van der Waals surface area contributed by atoms with Gasteiger partial charge in [0.1, 0.15) is 0 Å². The van der Waals surface area contributed by atoms with Gasteiger partial charge in [-0.2, -0.15) is 0 Å². The average Bonchev–Trinajstić information content (AvgIpc) is 2.34. The number of halogens is 1. The zero-order valence-corrected chi connectivity index (χ0v) is 7.04. The van der Waals surface area contributed by atoms with Crippen molar-refractivity contribution >= 4 is 12.4 Å². The van der Waals surface area contributed by atoms with Crippen LogP contribution < -0.4 is 5.32 Å². The third kappa shape index (κ3) is 3.20. The molecule has 60 valence electrons. The molecule has 0 bridgehead atoms. The number of ether oxygens (including phenoxy) is 1. The fourth-order valence-corrected chi connectivity index (χ4v) is 0.962. The van der Waals surface area contributed by atoms with Crippen LogP contribution in [-0.4, -0.2) is 26.8 Å². The van der Waals surface area contributed by atoms with E-state index >= 15 is 0 Å². The molecule has 1 aliphatic rings. The summed E-state index contributed by atoms with van der Waals surface area (Å²) < 4.78 is 4.90. The van der Waals surface area contributed by atoms with E-state index in [1.165, 1.54) is 12.0 Å². The summed E-state index contributed by atoms with van der Waals surface area (Å²) in [5.74, 6) is 0. The molecule has 0 spiro atoms. The van der Waals surface area contributed by atoms with Crippen molar-refractivity contribution < 1.29 is 4.74 Å². The molecule has 10 heavy (non-hydrogen) atoms. The highest BCUT2D eigenvalue weighted by atomic mass is 35.5. The Bertz CT molecular complexity index is 106. The molecule has 2 nitrogen and oxygen atoms in total. The van der Waals surface area contributed by atoms with E-state index in [1.54, 1.807) is 7.11 Å². The minimum atomic E-state index is 0. The van der Waals surface area contributed by atoms with Crippen molar-refractivity contribution in [3.63, 3.8) is 0 Å². The molecular formula is C7H14ClNO. The average molecular weight is 164 g/mol. The lowest BCUT2D eigenvalue weighted by Gasteiger charge is -1.92. The molecule has 0 saturated carbocycles. The van der Waals surface area contributed by atoms with Crippen LogP contribution in [0.4, 0.5) is 0 Å². The van der Waals surface area contributed by atoms with Gasteiger partial charge in [-0.05, 0) is 13.0 Å². The molecule has 1 heterocycles. The van der Waals surface area contributed by atoms with Crippen molar-refractivity contribution in [3.8, 4) is 0 Å². The molecule has 0 aromatic carbocycles. The first kappa shape index (κ1) is 9.95.